The Hall–Kier alpha value is -3.72. The van der Waals surface area contributed by atoms with Gasteiger partial charge in [0.1, 0.15) is 6.54 Å². The number of rotatable bonds is 4. The van der Waals surface area contributed by atoms with Gasteiger partial charge in [-0.2, -0.15) is 0 Å². The maximum absolute atomic E-state index is 13.5. The first-order valence-electron chi connectivity index (χ1n) is 12.5. The fourth-order valence-corrected chi connectivity index (χ4v) is 5.94. The van der Waals surface area contributed by atoms with Gasteiger partial charge in [0.25, 0.3) is 17.2 Å². The average Bonchev–Trinajstić information content (AvgIpc) is 3.27. The molecule has 2 bridgehead atoms. The second-order valence-corrected chi connectivity index (χ2v) is 9.92. The summed E-state index contributed by atoms with van der Waals surface area (Å²) in [4.78, 5) is 55.5. The summed E-state index contributed by atoms with van der Waals surface area (Å²) >= 11 is 0. The molecule has 5 heterocycles. The van der Waals surface area contributed by atoms with Crippen molar-refractivity contribution in [3.05, 3.63) is 70.3 Å². The predicted molar refractivity (Wildman–Crippen MR) is 132 cm³/mol. The van der Waals surface area contributed by atoms with E-state index in [1.807, 2.05) is 34.9 Å². The molecule has 0 saturated carbocycles. The van der Waals surface area contributed by atoms with Crippen LogP contribution in [0.4, 0.5) is 0 Å². The number of para-hydroxylation sites is 1. The Morgan fingerprint density at radius 2 is 1.72 bits per heavy atom. The van der Waals surface area contributed by atoms with E-state index in [1.165, 1.54) is 0 Å². The summed E-state index contributed by atoms with van der Waals surface area (Å²) in [5, 5.41) is 0.666. The van der Waals surface area contributed by atoms with Gasteiger partial charge in [-0.3, -0.25) is 19.2 Å². The standard InChI is InChI=1S/C27H28N4O5/c32-24-7-3-6-22-19-12-18(14-31(22)24)13-30(15-19)27(35)26(34)21-16-29(23-5-2-1-4-20(21)23)17-25(33)28-8-10-36-11-9-28/h1-7,16,18-19H,8-15,17H2. The van der Waals surface area contributed by atoms with E-state index < -0.39 is 11.7 Å². The van der Waals surface area contributed by atoms with Crippen LogP contribution < -0.4 is 5.56 Å². The van der Waals surface area contributed by atoms with E-state index in [1.54, 1.807) is 32.7 Å². The fourth-order valence-electron chi connectivity index (χ4n) is 5.94. The minimum absolute atomic E-state index is 0.0162. The topological polar surface area (TPSA) is 93.8 Å². The van der Waals surface area contributed by atoms with Crippen LogP contribution in [0.25, 0.3) is 10.9 Å². The smallest absolute Gasteiger partial charge is 0.295 e. The lowest BCUT2D eigenvalue weighted by molar-refractivity contribution is -0.135. The highest BCUT2D eigenvalue weighted by molar-refractivity contribution is 6.45. The van der Waals surface area contributed by atoms with Gasteiger partial charge < -0.3 is 23.7 Å². The van der Waals surface area contributed by atoms with Gasteiger partial charge in [-0.25, -0.2) is 0 Å². The zero-order valence-electron chi connectivity index (χ0n) is 20.0. The molecule has 3 aliphatic heterocycles. The predicted octanol–water partition coefficient (Wildman–Crippen LogP) is 1.49. The molecule has 2 saturated heterocycles. The number of Topliss-reactive ketones (excluding diaryl/α,β-unsaturated/α-hetero) is 1. The average molecular weight is 489 g/mol. The van der Waals surface area contributed by atoms with Crippen LogP contribution in [-0.4, -0.2) is 75.9 Å². The zero-order valence-corrected chi connectivity index (χ0v) is 20.0. The monoisotopic (exact) mass is 488 g/mol. The van der Waals surface area contributed by atoms with E-state index in [2.05, 4.69) is 0 Å². The molecule has 0 radical (unpaired) electrons. The number of morpholine rings is 1. The third-order valence-electron chi connectivity index (χ3n) is 7.66. The second-order valence-electron chi connectivity index (χ2n) is 9.92. The molecule has 36 heavy (non-hydrogen) atoms. The van der Waals surface area contributed by atoms with Crippen LogP contribution in [0.2, 0.25) is 0 Å². The van der Waals surface area contributed by atoms with Gasteiger partial charge in [-0.05, 0) is 24.5 Å². The lowest BCUT2D eigenvalue weighted by Gasteiger charge is -2.42. The van der Waals surface area contributed by atoms with Crippen LogP contribution >= 0.6 is 0 Å². The summed E-state index contributed by atoms with van der Waals surface area (Å²) in [5.74, 6) is -0.952. The molecule has 6 rings (SSSR count). The van der Waals surface area contributed by atoms with Gasteiger partial charge in [-0.15, -0.1) is 0 Å². The van der Waals surface area contributed by atoms with E-state index in [9.17, 15) is 19.2 Å². The Morgan fingerprint density at radius 1 is 0.917 bits per heavy atom. The third kappa shape index (κ3) is 3.93. The summed E-state index contributed by atoms with van der Waals surface area (Å²) in [6.07, 6.45) is 2.55. The maximum atomic E-state index is 13.5. The number of likely N-dealkylation sites (tertiary alicyclic amines) is 1. The number of piperidine rings is 1. The van der Waals surface area contributed by atoms with Crippen molar-refractivity contribution in [3.8, 4) is 0 Å². The SMILES string of the molecule is O=C(C(=O)N1CC2CC(C1)c1cccc(=O)n1C2)c1cn(CC(=O)N2CCOCC2)c2ccccc12. The number of hydrogen-bond donors (Lipinski definition) is 0. The summed E-state index contributed by atoms with van der Waals surface area (Å²) in [7, 11) is 0. The van der Waals surface area contributed by atoms with E-state index >= 15 is 0 Å². The minimum atomic E-state index is -0.561. The molecule has 3 aliphatic rings. The number of aromatic nitrogens is 2. The van der Waals surface area contributed by atoms with Crippen molar-refractivity contribution in [3.63, 3.8) is 0 Å². The van der Waals surface area contributed by atoms with Crippen LogP contribution in [0.3, 0.4) is 0 Å². The molecule has 0 aliphatic carbocycles. The molecule has 1 aromatic carbocycles. The summed E-state index contributed by atoms with van der Waals surface area (Å²) < 4.78 is 8.91. The van der Waals surface area contributed by atoms with Crippen molar-refractivity contribution in [1.29, 1.82) is 0 Å². The number of carbonyl (C=O) groups is 3. The van der Waals surface area contributed by atoms with Crippen LogP contribution in [0.15, 0.2) is 53.5 Å². The first-order valence-corrected chi connectivity index (χ1v) is 12.5. The molecule has 0 N–H and O–H groups in total. The highest BCUT2D eigenvalue weighted by atomic mass is 16.5. The van der Waals surface area contributed by atoms with Crippen molar-refractivity contribution in [1.82, 2.24) is 18.9 Å². The third-order valence-corrected chi connectivity index (χ3v) is 7.66. The van der Waals surface area contributed by atoms with Gasteiger partial charge in [0.05, 0.1) is 18.8 Å². The number of amides is 2. The largest absolute Gasteiger partial charge is 0.378 e. The second kappa shape index (κ2) is 9.05. The van der Waals surface area contributed by atoms with Crippen LogP contribution in [0, 0.1) is 5.92 Å². The van der Waals surface area contributed by atoms with Gasteiger partial charge in [0.2, 0.25) is 5.91 Å². The van der Waals surface area contributed by atoms with E-state index in [0.29, 0.717) is 56.9 Å². The number of benzene rings is 1. The van der Waals surface area contributed by atoms with Crippen molar-refractivity contribution >= 4 is 28.5 Å². The molecule has 2 unspecified atom stereocenters. The summed E-state index contributed by atoms with van der Waals surface area (Å²) in [5.41, 5.74) is 1.98. The molecule has 186 valence electrons. The van der Waals surface area contributed by atoms with Crippen molar-refractivity contribution in [2.75, 3.05) is 39.4 Å². The molecule has 2 fully saturated rings. The van der Waals surface area contributed by atoms with Crippen LogP contribution in [-0.2, 0) is 27.4 Å². The molecule has 0 spiro atoms. The molecular formula is C27H28N4O5. The molecule has 3 aromatic rings. The molecular weight excluding hydrogens is 460 g/mol. The Labute approximate surface area is 207 Å². The lowest BCUT2D eigenvalue weighted by atomic mass is 9.83. The van der Waals surface area contributed by atoms with Crippen molar-refractivity contribution in [2.24, 2.45) is 5.92 Å². The molecule has 2 aromatic heterocycles. The molecule has 9 heteroatoms. The number of fused-ring (bicyclic) bond motifs is 5. The highest BCUT2D eigenvalue weighted by Crippen LogP contribution is 2.35. The number of hydrogen-bond acceptors (Lipinski definition) is 5. The summed E-state index contributed by atoms with van der Waals surface area (Å²) in [6, 6.07) is 12.6. The van der Waals surface area contributed by atoms with Crippen molar-refractivity contribution in [2.45, 2.75) is 25.4 Å². The quantitative estimate of drug-likeness (QED) is 0.410. The molecule has 2 atom stereocenters. The molecule has 2 amide bonds. The van der Waals surface area contributed by atoms with Crippen molar-refractivity contribution < 1.29 is 19.1 Å². The maximum Gasteiger partial charge on any atom is 0.295 e. The Balaban J connectivity index is 1.25. The zero-order chi connectivity index (χ0) is 24.8. The Bertz CT molecular complexity index is 1420. The number of carbonyl (C=O) groups excluding carboxylic acids is 3. The normalized spacial score (nSPS) is 21.3. The fraction of sp³-hybridized carbons (Fsp3) is 0.407. The van der Waals surface area contributed by atoms with Crippen LogP contribution in [0.1, 0.15) is 28.4 Å². The van der Waals surface area contributed by atoms with E-state index in [-0.39, 0.29) is 29.8 Å². The number of pyridine rings is 1. The Kier molecular flexibility index (Phi) is 5.72. The van der Waals surface area contributed by atoms with Crippen LogP contribution in [0.5, 0.6) is 0 Å². The van der Waals surface area contributed by atoms with E-state index in [0.717, 1.165) is 17.6 Å². The van der Waals surface area contributed by atoms with Gasteiger partial charge >= 0.3 is 0 Å². The summed E-state index contributed by atoms with van der Waals surface area (Å²) in [6.45, 7) is 3.67. The lowest BCUT2D eigenvalue weighted by Crippen LogP contribution is -2.50. The number of ketones is 1. The molecule has 9 nitrogen and oxygen atoms in total. The number of nitrogens with zero attached hydrogens (tertiary/aromatic N) is 4. The van der Waals surface area contributed by atoms with Gasteiger partial charge in [0, 0.05) is 67.5 Å². The first kappa shape index (κ1) is 22.7. The van der Waals surface area contributed by atoms with Gasteiger partial charge in [-0.1, -0.05) is 24.3 Å². The van der Waals surface area contributed by atoms with Gasteiger partial charge in [0.15, 0.2) is 0 Å². The Morgan fingerprint density at radius 3 is 2.56 bits per heavy atom. The highest BCUT2D eigenvalue weighted by Gasteiger charge is 2.38. The van der Waals surface area contributed by atoms with E-state index in [4.69, 9.17) is 4.74 Å². The number of ether oxygens (including phenoxy) is 1. The first-order chi connectivity index (χ1) is 17.5. The minimum Gasteiger partial charge on any atom is -0.378 e.